The number of hydrogen-bond acceptors (Lipinski definition) is 7. The molecule has 0 aliphatic heterocycles. The van der Waals surface area contributed by atoms with Crippen molar-refractivity contribution in [2.24, 2.45) is 0 Å². The molecule has 1 heterocycles. The van der Waals surface area contributed by atoms with Gasteiger partial charge in [-0.2, -0.15) is 0 Å². The average Bonchev–Trinajstić information content (AvgIpc) is 2.66. The fraction of sp³-hybridized carbons (Fsp3) is 0.211. The maximum Gasteiger partial charge on any atom is 0.204 e. The first-order valence-corrected chi connectivity index (χ1v) is 8.97. The number of aromatic hydroxyl groups is 1. The Morgan fingerprint density at radius 3 is 2.46 bits per heavy atom. The SMILES string of the molecule is COc1ccc(COc2cc3oc(SC)cc(=O)c3c(O)c2OC)cc1. The van der Waals surface area contributed by atoms with E-state index < -0.39 is 0 Å². The number of hydrogen-bond donors (Lipinski definition) is 1. The van der Waals surface area contributed by atoms with Crippen LogP contribution in [0.3, 0.4) is 0 Å². The van der Waals surface area contributed by atoms with E-state index in [2.05, 4.69) is 0 Å². The number of methoxy groups -OCH3 is 2. The summed E-state index contributed by atoms with van der Waals surface area (Å²) >= 11 is 1.30. The topological polar surface area (TPSA) is 78.1 Å². The molecule has 0 saturated carbocycles. The molecule has 0 fully saturated rings. The van der Waals surface area contributed by atoms with E-state index in [1.54, 1.807) is 19.4 Å². The van der Waals surface area contributed by atoms with Crippen molar-refractivity contribution in [2.45, 2.75) is 11.7 Å². The molecule has 1 aromatic heterocycles. The summed E-state index contributed by atoms with van der Waals surface area (Å²) < 4.78 is 21.8. The Morgan fingerprint density at radius 1 is 1.12 bits per heavy atom. The predicted molar refractivity (Wildman–Crippen MR) is 99.8 cm³/mol. The van der Waals surface area contributed by atoms with Crippen LogP contribution in [0.5, 0.6) is 23.0 Å². The molecule has 0 bridgehead atoms. The van der Waals surface area contributed by atoms with Crippen LogP contribution in [-0.4, -0.2) is 25.6 Å². The molecular weight excluding hydrogens is 356 g/mol. The Kier molecular flexibility index (Phi) is 5.27. The number of phenolic OH excluding ortho intramolecular Hbond substituents is 1. The van der Waals surface area contributed by atoms with Gasteiger partial charge in [-0.25, -0.2) is 0 Å². The van der Waals surface area contributed by atoms with E-state index in [0.29, 0.717) is 5.09 Å². The molecule has 2 aromatic carbocycles. The third-order valence-corrected chi connectivity index (χ3v) is 4.45. The molecule has 0 radical (unpaired) electrons. The Labute approximate surface area is 154 Å². The third-order valence-electron chi connectivity index (χ3n) is 3.85. The summed E-state index contributed by atoms with van der Waals surface area (Å²) in [4.78, 5) is 12.3. The van der Waals surface area contributed by atoms with Crippen LogP contribution in [0.2, 0.25) is 0 Å². The monoisotopic (exact) mass is 374 g/mol. The fourth-order valence-corrected chi connectivity index (χ4v) is 2.93. The van der Waals surface area contributed by atoms with Gasteiger partial charge in [0.25, 0.3) is 0 Å². The van der Waals surface area contributed by atoms with E-state index in [1.165, 1.54) is 24.9 Å². The van der Waals surface area contributed by atoms with E-state index in [1.807, 2.05) is 24.3 Å². The van der Waals surface area contributed by atoms with Crippen molar-refractivity contribution in [1.82, 2.24) is 0 Å². The molecule has 3 aromatic rings. The zero-order chi connectivity index (χ0) is 18.7. The minimum Gasteiger partial charge on any atom is -0.504 e. The second-order valence-electron chi connectivity index (χ2n) is 5.40. The lowest BCUT2D eigenvalue weighted by atomic mass is 10.2. The molecular formula is C19H18O6S. The van der Waals surface area contributed by atoms with Gasteiger partial charge in [0.2, 0.25) is 5.75 Å². The molecule has 26 heavy (non-hydrogen) atoms. The van der Waals surface area contributed by atoms with Gasteiger partial charge >= 0.3 is 0 Å². The maximum absolute atomic E-state index is 12.3. The lowest BCUT2D eigenvalue weighted by molar-refractivity contribution is 0.277. The lowest BCUT2D eigenvalue weighted by Crippen LogP contribution is -2.03. The Morgan fingerprint density at radius 2 is 1.85 bits per heavy atom. The summed E-state index contributed by atoms with van der Waals surface area (Å²) in [5.74, 6) is 0.835. The quantitative estimate of drug-likeness (QED) is 0.657. The molecule has 0 aliphatic rings. The summed E-state index contributed by atoms with van der Waals surface area (Å²) in [5, 5.41) is 11.0. The van der Waals surface area contributed by atoms with Crippen LogP contribution in [0.15, 0.2) is 50.7 Å². The summed E-state index contributed by atoms with van der Waals surface area (Å²) in [6, 6.07) is 10.3. The largest absolute Gasteiger partial charge is 0.504 e. The van der Waals surface area contributed by atoms with Gasteiger partial charge in [0.05, 0.1) is 14.2 Å². The maximum atomic E-state index is 12.3. The first-order valence-electron chi connectivity index (χ1n) is 7.75. The minimum atomic E-state index is -0.340. The Balaban J connectivity index is 1.99. The summed E-state index contributed by atoms with van der Waals surface area (Å²) in [6.45, 7) is 0.248. The number of ether oxygens (including phenoxy) is 3. The third kappa shape index (κ3) is 3.43. The van der Waals surface area contributed by atoms with Gasteiger partial charge in [-0.3, -0.25) is 4.79 Å². The smallest absolute Gasteiger partial charge is 0.204 e. The van der Waals surface area contributed by atoms with Crippen molar-refractivity contribution in [1.29, 1.82) is 0 Å². The first-order chi connectivity index (χ1) is 12.6. The molecule has 0 spiro atoms. The van der Waals surface area contributed by atoms with Crippen LogP contribution in [0.25, 0.3) is 11.0 Å². The van der Waals surface area contributed by atoms with E-state index in [9.17, 15) is 9.90 Å². The van der Waals surface area contributed by atoms with Crippen molar-refractivity contribution in [3.8, 4) is 23.0 Å². The van der Waals surface area contributed by atoms with Gasteiger partial charge in [0.15, 0.2) is 22.0 Å². The van der Waals surface area contributed by atoms with Crippen LogP contribution in [0, 0.1) is 0 Å². The summed E-state index contributed by atoms with van der Waals surface area (Å²) in [7, 11) is 3.00. The summed E-state index contributed by atoms with van der Waals surface area (Å²) in [5.41, 5.74) is 0.810. The second-order valence-corrected chi connectivity index (χ2v) is 6.21. The van der Waals surface area contributed by atoms with Crippen LogP contribution in [0.4, 0.5) is 0 Å². The zero-order valence-corrected chi connectivity index (χ0v) is 15.4. The van der Waals surface area contributed by atoms with Crippen molar-refractivity contribution in [3.63, 3.8) is 0 Å². The lowest BCUT2D eigenvalue weighted by Gasteiger charge is -2.14. The highest BCUT2D eigenvalue weighted by molar-refractivity contribution is 7.98. The van der Waals surface area contributed by atoms with Crippen molar-refractivity contribution in [3.05, 3.63) is 52.2 Å². The Hall–Kier alpha value is -2.80. The molecule has 3 rings (SSSR count). The van der Waals surface area contributed by atoms with Gasteiger partial charge in [-0.15, -0.1) is 0 Å². The molecule has 136 valence electrons. The van der Waals surface area contributed by atoms with Crippen LogP contribution in [-0.2, 0) is 6.61 Å². The second kappa shape index (κ2) is 7.61. The average molecular weight is 374 g/mol. The molecule has 7 heteroatoms. The standard InChI is InChI=1S/C19H18O6S/c1-22-12-6-4-11(5-7-12)10-24-15-9-14-17(18(21)19(15)23-2)13(20)8-16(25-14)26-3/h4-9,21H,10H2,1-3H3. The number of fused-ring (bicyclic) bond motifs is 1. The first kappa shape index (κ1) is 18.0. The molecule has 6 nitrogen and oxygen atoms in total. The number of thioether (sulfide) groups is 1. The molecule has 0 unspecified atom stereocenters. The number of benzene rings is 2. The van der Waals surface area contributed by atoms with Crippen molar-refractivity contribution in [2.75, 3.05) is 20.5 Å². The van der Waals surface area contributed by atoms with Gasteiger partial charge in [-0.05, 0) is 24.0 Å². The van der Waals surface area contributed by atoms with E-state index in [-0.39, 0.29) is 40.3 Å². The fourth-order valence-electron chi connectivity index (χ4n) is 2.53. The summed E-state index contributed by atoms with van der Waals surface area (Å²) in [6.07, 6.45) is 1.80. The van der Waals surface area contributed by atoms with Crippen molar-refractivity contribution < 1.29 is 23.7 Å². The van der Waals surface area contributed by atoms with E-state index in [0.717, 1.165) is 11.3 Å². The van der Waals surface area contributed by atoms with Crippen molar-refractivity contribution >= 4 is 22.7 Å². The van der Waals surface area contributed by atoms with Gasteiger partial charge in [0, 0.05) is 12.1 Å². The van der Waals surface area contributed by atoms with Crippen LogP contribution in [0.1, 0.15) is 5.56 Å². The molecule has 0 amide bonds. The highest BCUT2D eigenvalue weighted by Crippen LogP contribution is 2.42. The number of rotatable bonds is 6. The van der Waals surface area contributed by atoms with Crippen LogP contribution >= 0.6 is 11.8 Å². The normalized spacial score (nSPS) is 10.7. The van der Waals surface area contributed by atoms with Crippen LogP contribution < -0.4 is 19.6 Å². The molecule has 1 N–H and O–H groups in total. The van der Waals surface area contributed by atoms with E-state index >= 15 is 0 Å². The Bertz CT molecular complexity index is 978. The highest BCUT2D eigenvalue weighted by atomic mass is 32.2. The zero-order valence-electron chi connectivity index (χ0n) is 14.6. The number of phenols is 1. The highest BCUT2D eigenvalue weighted by Gasteiger charge is 2.19. The van der Waals surface area contributed by atoms with E-state index in [4.69, 9.17) is 18.6 Å². The minimum absolute atomic E-state index is 0.0662. The predicted octanol–water partition coefficient (Wildman–Crippen LogP) is 3.82. The van der Waals surface area contributed by atoms with Gasteiger partial charge < -0.3 is 23.7 Å². The van der Waals surface area contributed by atoms with Gasteiger partial charge in [-0.1, -0.05) is 23.9 Å². The molecule has 0 saturated heterocycles. The molecule has 0 atom stereocenters. The molecule has 0 aliphatic carbocycles. The van der Waals surface area contributed by atoms with Gasteiger partial charge in [0.1, 0.15) is 23.3 Å².